The van der Waals surface area contributed by atoms with Crippen molar-refractivity contribution in [2.75, 3.05) is 10.6 Å². The van der Waals surface area contributed by atoms with Crippen LogP contribution in [0.1, 0.15) is 50.8 Å². The summed E-state index contributed by atoms with van der Waals surface area (Å²) in [6, 6.07) is 5.11. The zero-order chi connectivity index (χ0) is 24.8. The first kappa shape index (κ1) is 25.5. The second-order valence-electron chi connectivity index (χ2n) is 8.70. The lowest BCUT2D eigenvalue weighted by atomic mass is 9.79. The molecule has 0 aliphatic heterocycles. The number of rotatable bonds is 7. The van der Waals surface area contributed by atoms with Crippen LogP contribution in [0, 0.1) is 23.2 Å². The Kier molecular flexibility index (Phi) is 8.53. The summed E-state index contributed by atoms with van der Waals surface area (Å²) in [5.41, 5.74) is 13.6. The average molecular weight is 503 g/mol. The molecule has 9 nitrogen and oxygen atoms in total. The highest BCUT2D eigenvalue weighted by molar-refractivity contribution is 6.39. The summed E-state index contributed by atoms with van der Waals surface area (Å²) >= 11 is 12.5. The highest BCUT2D eigenvalue weighted by atomic mass is 35.5. The Morgan fingerprint density at radius 2 is 1.88 bits per heavy atom. The molecule has 0 radical (unpaired) electrons. The number of aromatic nitrogens is 2. The maximum Gasteiger partial charge on any atom is 0.223 e. The maximum atomic E-state index is 11.5. The molecule has 0 atom stereocenters. The molecule has 6 N–H and O–H groups in total. The number of anilines is 2. The average Bonchev–Trinajstić information content (AvgIpc) is 2.77. The van der Waals surface area contributed by atoms with Gasteiger partial charge in [0.05, 0.1) is 39.3 Å². The molecule has 0 spiro atoms. The number of hydrogen-bond acceptors (Lipinski definition) is 6. The fraction of sp³-hybridized carbons (Fsp3) is 0.435. The first-order chi connectivity index (χ1) is 16.2. The zero-order valence-corrected chi connectivity index (χ0v) is 20.6. The molecule has 0 bridgehead atoms. The second-order valence-corrected chi connectivity index (χ2v) is 9.51. The molecule has 3 rings (SSSR count). The van der Waals surface area contributed by atoms with Crippen molar-refractivity contribution in [1.82, 2.24) is 9.97 Å². The van der Waals surface area contributed by atoms with E-state index in [-0.39, 0.29) is 39.6 Å². The summed E-state index contributed by atoms with van der Waals surface area (Å²) in [6.45, 7) is 4.02. The first-order valence-electron chi connectivity index (χ1n) is 11.1. The molecule has 1 fully saturated rings. The SMILES string of the molecule is CC(C)Nc1ncc(NC(N)=Nc2c(Cl)cc(C#N)cc2Cl)c(CC2CCC(C(N)=O)CC2)n1. The van der Waals surface area contributed by atoms with Crippen LogP contribution in [0.25, 0.3) is 0 Å². The maximum absolute atomic E-state index is 11.5. The number of halogens is 2. The summed E-state index contributed by atoms with van der Waals surface area (Å²) in [4.78, 5) is 24.9. The minimum absolute atomic E-state index is 0.0536. The molecule has 1 saturated carbocycles. The van der Waals surface area contributed by atoms with Crippen LogP contribution in [0.4, 0.5) is 17.3 Å². The van der Waals surface area contributed by atoms with Crippen LogP contribution >= 0.6 is 23.2 Å². The van der Waals surface area contributed by atoms with E-state index < -0.39 is 0 Å². The second kappa shape index (κ2) is 11.4. The van der Waals surface area contributed by atoms with E-state index >= 15 is 0 Å². The molecule has 0 saturated heterocycles. The predicted octanol–water partition coefficient (Wildman–Crippen LogP) is 4.37. The predicted molar refractivity (Wildman–Crippen MR) is 135 cm³/mol. The number of carbonyl (C=O) groups excluding carboxylic acids is 1. The normalized spacial score (nSPS) is 18.4. The van der Waals surface area contributed by atoms with Crippen molar-refractivity contribution in [2.24, 2.45) is 28.3 Å². The number of nitrogens with zero attached hydrogens (tertiary/aromatic N) is 4. The highest BCUT2D eigenvalue weighted by Crippen LogP contribution is 2.35. The Bertz CT molecular complexity index is 1100. The zero-order valence-electron chi connectivity index (χ0n) is 19.1. The number of nitriles is 1. The first-order valence-corrected chi connectivity index (χ1v) is 11.8. The summed E-state index contributed by atoms with van der Waals surface area (Å²) in [5.74, 6) is 0.659. The van der Waals surface area contributed by atoms with Gasteiger partial charge in [-0.2, -0.15) is 5.26 Å². The number of nitrogens with one attached hydrogen (secondary N) is 2. The van der Waals surface area contributed by atoms with E-state index in [2.05, 4.69) is 20.6 Å². The van der Waals surface area contributed by atoms with Gasteiger partial charge in [-0.1, -0.05) is 23.2 Å². The summed E-state index contributed by atoms with van der Waals surface area (Å²) in [6.07, 6.45) is 5.70. The van der Waals surface area contributed by atoms with Crippen LogP contribution in [0.5, 0.6) is 0 Å². The Hall–Kier alpha value is -3.09. The van der Waals surface area contributed by atoms with Gasteiger partial charge in [-0.3, -0.25) is 4.79 Å². The molecule has 1 aliphatic carbocycles. The Morgan fingerprint density at radius 1 is 1.24 bits per heavy atom. The molecule has 2 aromatic rings. The number of nitrogens with two attached hydrogens (primary N) is 2. The Balaban J connectivity index is 1.83. The molecule has 11 heteroatoms. The van der Waals surface area contributed by atoms with E-state index in [9.17, 15) is 4.79 Å². The lowest BCUT2D eigenvalue weighted by Gasteiger charge is -2.27. The molecule has 1 heterocycles. The molecule has 1 aromatic heterocycles. The number of aliphatic imine (C=N–C) groups is 1. The van der Waals surface area contributed by atoms with Gasteiger partial charge in [-0.25, -0.2) is 15.0 Å². The summed E-state index contributed by atoms with van der Waals surface area (Å²) in [5, 5.41) is 15.8. The van der Waals surface area contributed by atoms with Gasteiger partial charge >= 0.3 is 0 Å². The molecule has 1 amide bonds. The lowest BCUT2D eigenvalue weighted by Crippen LogP contribution is -2.28. The van der Waals surface area contributed by atoms with Gasteiger partial charge in [-0.05, 0) is 64.0 Å². The molecule has 34 heavy (non-hydrogen) atoms. The van der Waals surface area contributed by atoms with Crippen LogP contribution < -0.4 is 22.1 Å². The Morgan fingerprint density at radius 3 is 2.44 bits per heavy atom. The van der Waals surface area contributed by atoms with E-state index in [1.54, 1.807) is 6.20 Å². The van der Waals surface area contributed by atoms with Gasteiger partial charge in [0.2, 0.25) is 11.9 Å². The van der Waals surface area contributed by atoms with Crippen molar-refractivity contribution in [3.63, 3.8) is 0 Å². The van der Waals surface area contributed by atoms with Crippen molar-refractivity contribution in [3.05, 3.63) is 39.6 Å². The number of hydrogen-bond donors (Lipinski definition) is 4. The van der Waals surface area contributed by atoms with Gasteiger partial charge in [-0.15, -0.1) is 0 Å². The van der Waals surface area contributed by atoms with Crippen LogP contribution in [-0.2, 0) is 11.2 Å². The lowest BCUT2D eigenvalue weighted by molar-refractivity contribution is -0.122. The number of amides is 1. The fourth-order valence-corrected chi connectivity index (χ4v) is 4.52. The van der Waals surface area contributed by atoms with E-state index in [0.29, 0.717) is 29.5 Å². The third-order valence-electron chi connectivity index (χ3n) is 5.66. The quantitative estimate of drug-likeness (QED) is 0.323. The van der Waals surface area contributed by atoms with Crippen molar-refractivity contribution in [2.45, 2.75) is 52.0 Å². The standard InChI is InChI=1S/C23H28Cl2N8O/c1-12(2)30-23-29-11-19(18(32-23)9-13-3-5-15(6-4-13)21(27)34)31-22(28)33-20-16(24)7-14(10-26)8-17(20)25/h7-8,11-13,15H,3-6,9H2,1-2H3,(H2,27,34)(H3,28,31,33)(H,29,30,32). The number of benzene rings is 1. The molecule has 180 valence electrons. The molecular formula is C23H28Cl2N8O. The highest BCUT2D eigenvalue weighted by Gasteiger charge is 2.26. The van der Waals surface area contributed by atoms with Gasteiger partial charge in [0.25, 0.3) is 0 Å². The van der Waals surface area contributed by atoms with Gasteiger partial charge in [0, 0.05) is 12.0 Å². The third-order valence-corrected chi connectivity index (χ3v) is 6.23. The molecule has 0 unspecified atom stereocenters. The minimum Gasteiger partial charge on any atom is -0.369 e. The van der Waals surface area contributed by atoms with Gasteiger partial charge in [0.15, 0.2) is 5.96 Å². The van der Waals surface area contributed by atoms with Crippen molar-refractivity contribution in [3.8, 4) is 6.07 Å². The van der Waals surface area contributed by atoms with Crippen molar-refractivity contribution < 1.29 is 4.79 Å². The van der Waals surface area contributed by atoms with E-state index in [4.69, 9.17) is 44.9 Å². The topological polar surface area (TPSA) is 155 Å². The Labute approximate surface area is 209 Å². The monoisotopic (exact) mass is 502 g/mol. The van der Waals surface area contributed by atoms with Crippen LogP contribution in [-0.4, -0.2) is 27.9 Å². The van der Waals surface area contributed by atoms with Crippen molar-refractivity contribution in [1.29, 1.82) is 5.26 Å². The number of primary amides is 1. The number of guanidine groups is 1. The fourth-order valence-electron chi connectivity index (χ4n) is 3.95. The van der Waals surface area contributed by atoms with Gasteiger partial charge in [0.1, 0.15) is 5.69 Å². The van der Waals surface area contributed by atoms with Crippen molar-refractivity contribution >= 4 is 52.4 Å². The largest absolute Gasteiger partial charge is 0.369 e. The van der Waals surface area contributed by atoms with Crippen LogP contribution in [0.2, 0.25) is 10.0 Å². The molecule has 1 aliphatic rings. The smallest absolute Gasteiger partial charge is 0.223 e. The van der Waals surface area contributed by atoms with Gasteiger partial charge < -0.3 is 22.1 Å². The van der Waals surface area contributed by atoms with Crippen LogP contribution in [0.15, 0.2) is 23.3 Å². The van der Waals surface area contributed by atoms with E-state index in [1.165, 1.54) is 12.1 Å². The summed E-state index contributed by atoms with van der Waals surface area (Å²) < 4.78 is 0. The van der Waals surface area contributed by atoms with E-state index in [1.807, 2.05) is 19.9 Å². The molecular weight excluding hydrogens is 475 g/mol. The molecule has 1 aromatic carbocycles. The number of carbonyl (C=O) groups is 1. The van der Waals surface area contributed by atoms with Crippen LogP contribution in [0.3, 0.4) is 0 Å². The minimum atomic E-state index is -0.227. The van der Waals surface area contributed by atoms with E-state index in [0.717, 1.165) is 31.4 Å². The third kappa shape index (κ3) is 6.72. The summed E-state index contributed by atoms with van der Waals surface area (Å²) in [7, 11) is 0.